The Morgan fingerprint density at radius 3 is 2.26 bits per heavy atom. The zero-order valence-electron chi connectivity index (χ0n) is 29.9. The number of ether oxygens (including phenoxy) is 3. The van der Waals surface area contributed by atoms with Crippen LogP contribution in [0.5, 0.6) is 0 Å². The number of fused-ring (bicyclic) bond motifs is 5. The Labute approximate surface area is 281 Å². The van der Waals surface area contributed by atoms with Crippen molar-refractivity contribution in [2.75, 3.05) is 6.61 Å². The van der Waals surface area contributed by atoms with Gasteiger partial charge in [0.1, 0.15) is 31.0 Å². The summed E-state index contributed by atoms with van der Waals surface area (Å²) in [7, 11) is 0. The average molecular weight is 663 g/mol. The minimum absolute atomic E-state index is 0.0625. The van der Waals surface area contributed by atoms with Crippen LogP contribution < -0.4 is 0 Å². The number of aliphatic hydroxyl groups excluding tert-OH is 5. The molecule has 5 aliphatic rings. The van der Waals surface area contributed by atoms with Crippen molar-refractivity contribution in [1.82, 2.24) is 0 Å². The predicted molar refractivity (Wildman–Crippen MR) is 178 cm³/mol. The van der Waals surface area contributed by atoms with E-state index in [9.17, 15) is 30.3 Å². The molecule has 0 spiro atoms. The second kappa shape index (κ2) is 13.1. The van der Waals surface area contributed by atoms with E-state index in [4.69, 9.17) is 14.2 Å². The largest absolute Gasteiger partial charge is 0.463 e. The third-order valence-electron chi connectivity index (χ3n) is 14.2. The van der Waals surface area contributed by atoms with E-state index in [0.717, 1.165) is 32.1 Å². The molecule has 0 unspecified atom stereocenters. The first kappa shape index (κ1) is 36.9. The molecule has 9 heteroatoms. The van der Waals surface area contributed by atoms with Gasteiger partial charge in [-0.3, -0.25) is 4.79 Å². The van der Waals surface area contributed by atoms with Gasteiger partial charge in [0, 0.05) is 6.92 Å². The van der Waals surface area contributed by atoms with E-state index in [0.29, 0.717) is 19.3 Å². The molecule has 0 amide bonds. The summed E-state index contributed by atoms with van der Waals surface area (Å²) in [5.74, 6) is -0.229. The van der Waals surface area contributed by atoms with Gasteiger partial charge in [0.25, 0.3) is 0 Å². The highest BCUT2D eigenvalue weighted by atomic mass is 16.7. The number of hydrogen-bond donors (Lipinski definition) is 5. The number of esters is 1. The Kier molecular flexibility index (Phi) is 10.3. The minimum Gasteiger partial charge on any atom is -0.463 e. The van der Waals surface area contributed by atoms with Crippen LogP contribution in [0.4, 0.5) is 0 Å². The zero-order chi connectivity index (χ0) is 34.9. The van der Waals surface area contributed by atoms with Crippen molar-refractivity contribution in [3.8, 4) is 0 Å². The Bertz CT molecular complexity index is 1210. The highest BCUT2D eigenvalue weighted by Crippen LogP contribution is 2.76. The summed E-state index contributed by atoms with van der Waals surface area (Å²) in [6, 6.07) is 0. The number of aliphatic hydroxyl groups is 5. The first-order valence-corrected chi connectivity index (χ1v) is 17.9. The number of carbonyl (C=O) groups is 1. The van der Waals surface area contributed by atoms with Gasteiger partial charge in [-0.25, -0.2) is 0 Å². The molecule has 0 bridgehead atoms. The Hall–Kier alpha value is -1.33. The lowest BCUT2D eigenvalue weighted by Gasteiger charge is -2.72. The molecule has 47 heavy (non-hydrogen) atoms. The van der Waals surface area contributed by atoms with Crippen LogP contribution in [0.1, 0.15) is 107 Å². The van der Waals surface area contributed by atoms with Gasteiger partial charge in [0.05, 0.1) is 18.3 Å². The van der Waals surface area contributed by atoms with E-state index in [-0.39, 0.29) is 46.5 Å². The van der Waals surface area contributed by atoms with E-state index in [1.54, 1.807) is 0 Å². The summed E-state index contributed by atoms with van der Waals surface area (Å²) in [6.07, 6.45) is 0.415. The summed E-state index contributed by atoms with van der Waals surface area (Å²) in [5.41, 5.74) is 1.20. The van der Waals surface area contributed by atoms with Crippen molar-refractivity contribution in [3.05, 3.63) is 23.8 Å². The van der Waals surface area contributed by atoms with E-state index < -0.39 is 60.4 Å². The zero-order valence-corrected chi connectivity index (χ0v) is 29.9. The molecule has 4 saturated carbocycles. The lowest BCUT2D eigenvalue weighted by molar-refractivity contribution is -0.346. The molecule has 0 aromatic heterocycles. The number of rotatable bonds is 8. The second-order valence-corrected chi connectivity index (χ2v) is 17.4. The smallest absolute Gasteiger partial charge is 0.302 e. The molecule has 4 aliphatic carbocycles. The fourth-order valence-electron chi connectivity index (χ4n) is 11.7. The molecule has 1 saturated heterocycles. The first-order chi connectivity index (χ1) is 21.8. The maximum atomic E-state index is 12.1. The fourth-order valence-corrected chi connectivity index (χ4v) is 11.7. The Balaban J connectivity index is 1.51. The Morgan fingerprint density at radius 2 is 1.62 bits per heavy atom. The van der Waals surface area contributed by atoms with Crippen molar-refractivity contribution < 1.29 is 44.5 Å². The van der Waals surface area contributed by atoms with Crippen LogP contribution in [0.15, 0.2) is 23.8 Å². The van der Waals surface area contributed by atoms with E-state index >= 15 is 0 Å². The molecule has 0 radical (unpaired) electrons. The summed E-state index contributed by atoms with van der Waals surface area (Å²) < 4.78 is 18.0. The second-order valence-electron chi connectivity index (χ2n) is 17.4. The molecule has 5 N–H and O–H groups in total. The van der Waals surface area contributed by atoms with Gasteiger partial charge < -0.3 is 39.7 Å². The molecule has 268 valence electrons. The molecule has 15 atom stereocenters. The molecule has 1 heterocycles. The predicted octanol–water partition coefficient (Wildman–Crippen LogP) is 4.67. The van der Waals surface area contributed by atoms with Crippen LogP contribution in [0.3, 0.4) is 0 Å². The van der Waals surface area contributed by atoms with Crippen LogP contribution in [0.25, 0.3) is 0 Å². The van der Waals surface area contributed by atoms with E-state index in [2.05, 4.69) is 61.1 Å². The molecule has 1 aliphatic heterocycles. The highest BCUT2D eigenvalue weighted by Gasteiger charge is 2.72. The van der Waals surface area contributed by atoms with Crippen molar-refractivity contribution in [1.29, 1.82) is 0 Å². The molecule has 5 rings (SSSR count). The van der Waals surface area contributed by atoms with Gasteiger partial charge in [0.15, 0.2) is 6.29 Å². The number of hydrogen-bond acceptors (Lipinski definition) is 9. The SMILES string of the molecule is C=C(CCC=C(C)C)[C@H]1CC[C@]2(C)[C@@H]1[C@H](O)C[C@@H]1[C@@]3(C)CC[C@H](O)C(C)(C)[C@@H]3[C@@H](O[C@@H]3O[C@H](COC(C)=O)[C@@H](O)[C@H](O)[C@H]3O)C[C@]12C. The summed E-state index contributed by atoms with van der Waals surface area (Å²) >= 11 is 0. The number of allylic oxidation sites excluding steroid dienone is 3. The van der Waals surface area contributed by atoms with Crippen molar-refractivity contribution in [2.24, 2.45) is 45.3 Å². The topological polar surface area (TPSA) is 146 Å². The molecular formula is C38H62O9. The van der Waals surface area contributed by atoms with Gasteiger partial charge >= 0.3 is 5.97 Å². The Morgan fingerprint density at radius 1 is 0.936 bits per heavy atom. The maximum absolute atomic E-state index is 12.1. The van der Waals surface area contributed by atoms with Crippen LogP contribution in [0, 0.1) is 45.3 Å². The van der Waals surface area contributed by atoms with Crippen LogP contribution >= 0.6 is 0 Å². The lowest BCUT2D eigenvalue weighted by atomic mass is 9.34. The molecular weight excluding hydrogens is 600 g/mol. The number of carbonyl (C=O) groups excluding carboxylic acids is 1. The van der Waals surface area contributed by atoms with Crippen LogP contribution in [-0.2, 0) is 19.0 Å². The summed E-state index contributed by atoms with van der Waals surface area (Å²) in [5, 5.41) is 56.1. The summed E-state index contributed by atoms with van der Waals surface area (Å²) in [6.45, 7) is 21.0. The van der Waals surface area contributed by atoms with E-state index in [1.165, 1.54) is 18.1 Å². The van der Waals surface area contributed by atoms with Crippen LogP contribution in [-0.4, -0.2) is 87.1 Å². The lowest BCUT2D eigenvalue weighted by Crippen LogP contribution is -2.70. The molecule has 0 aromatic rings. The van der Waals surface area contributed by atoms with Gasteiger partial charge in [0.2, 0.25) is 0 Å². The molecule has 0 aromatic carbocycles. The van der Waals surface area contributed by atoms with Crippen molar-refractivity contribution in [3.63, 3.8) is 0 Å². The molecule has 9 nitrogen and oxygen atoms in total. The van der Waals surface area contributed by atoms with E-state index in [1.807, 2.05) is 0 Å². The average Bonchev–Trinajstić information content (AvgIpc) is 3.35. The monoisotopic (exact) mass is 662 g/mol. The molecule has 5 fully saturated rings. The fraction of sp³-hybridized carbons (Fsp3) is 0.868. The normalized spacial score (nSPS) is 48.9. The highest BCUT2D eigenvalue weighted by molar-refractivity contribution is 5.65. The standard InChI is InChI=1S/C38H62O9/c1-20(2)11-10-12-21(3)23-13-16-37(8)29(23)24(40)17-27-36(7)15-14-28(41)35(5,6)33(36)25(18-38(27,37)9)46-34-32(44)31(43)30(42)26(47-34)19-45-22(4)39/h11,23-34,40-44H,3,10,12-19H2,1-2,4-9H3/t23-,24-,25+,26-,27-,28+,29+,30-,31+,32-,33+,34-,36-,37-,38-/m1/s1. The van der Waals surface area contributed by atoms with Crippen molar-refractivity contribution >= 4 is 5.97 Å². The quantitative estimate of drug-likeness (QED) is 0.142. The van der Waals surface area contributed by atoms with Gasteiger partial charge in [-0.1, -0.05) is 58.4 Å². The van der Waals surface area contributed by atoms with Crippen LogP contribution in [0.2, 0.25) is 0 Å². The van der Waals surface area contributed by atoms with Gasteiger partial charge in [-0.2, -0.15) is 0 Å². The third-order valence-corrected chi connectivity index (χ3v) is 14.2. The minimum atomic E-state index is -1.56. The first-order valence-electron chi connectivity index (χ1n) is 17.9. The van der Waals surface area contributed by atoms with Gasteiger partial charge in [-0.05, 0) is 111 Å². The maximum Gasteiger partial charge on any atom is 0.302 e. The third kappa shape index (κ3) is 6.08. The van der Waals surface area contributed by atoms with Crippen molar-refractivity contribution in [2.45, 2.75) is 156 Å². The summed E-state index contributed by atoms with van der Waals surface area (Å²) in [4.78, 5) is 11.5. The van der Waals surface area contributed by atoms with Gasteiger partial charge in [-0.15, -0.1) is 0 Å².